The first-order valence-corrected chi connectivity index (χ1v) is 11.6. The van der Waals surface area contributed by atoms with E-state index in [1.165, 1.54) is 4.31 Å². The summed E-state index contributed by atoms with van der Waals surface area (Å²) in [5, 5.41) is 3.73. The number of aryl methyl sites for hydroxylation is 1. The number of rotatable bonds is 5. The SMILES string of the molecule is CCn1ccc2cc(S(=O)(=O)N3CCCN(C(=O)NCc4ccco4)CC3)ccc21. The van der Waals surface area contributed by atoms with Crippen molar-refractivity contribution in [3.8, 4) is 0 Å². The number of urea groups is 1. The van der Waals surface area contributed by atoms with Gasteiger partial charge in [0.25, 0.3) is 0 Å². The van der Waals surface area contributed by atoms with Crippen LogP contribution in [-0.4, -0.2) is 54.4 Å². The normalized spacial score (nSPS) is 16.0. The van der Waals surface area contributed by atoms with Crippen LogP contribution in [0.5, 0.6) is 0 Å². The Morgan fingerprint density at radius 1 is 1.13 bits per heavy atom. The molecule has 1 aromatic carbocycles. The molecule has 4 rings (SSSR count). The van der Waals surface area contributed by atoms with Gasteiger partial charge in [0.15, 0.2) is 0 Å². The summed E-state index contributed by atoms with van der Waals surface area (Å²) in [4.78, 5) is 14.4. The minimum Gasteiger partial charge on any atom is -0.467 e. The predicted molar refractivity (Wildman–Crippen MR) is 114 cm³/mol. The van der Waals surface area contributed by atoms with Crippen molar-refractivity contribution in [2.45, 2.75) is 31.3 Å². The smallest absolute Gasteiger partial charge is 0.317 e. The Balaban J connectivity index is 1.43. The predicted octanol–water partition coefficient (Wildman–Crippen LogP) is 2.86. The van der Waals surface area contributed by atoms with Crippen LogP contribution >= 0.6 is 0 Å². The molecule has 8 nitrogen and oxygen atoms in total. The van der Waals surface area contributed by atoms with Gasteiger partial charge in [-0.3, -0.25) is 0 Å². The van der Waals surface area contributed by atoms with Gasteiger partial charge in [0, 0.05) is 49.8 Å². The van der Waals surface area contributed by atoms with Crippen molar-refractivity contribution in [1.29, 1.82) is 0 Å². The molecule has 0 aliphatic carbocycles. The second kappa shape index (κ2) is 8.53. The highest BCUT2D eigenvalue weighted by Crippen LogP contribution is 2.24. The fraction of sp³-hybridized carbons (Fsp3) is 0.381. The maximum atomic E-state index is 13.2. The third-order valence-electron chi connectivity index (χ3n) is 5.46. The first kappa shape index (κ1) is 20.5. The van der Waals surface area contributed by atoms with Gasteiger partial charge >= 0.3 is 6.03 Å². The Labute approximate surface area is 176 Å². The molecule has 0 atom stereocenters. The number of carbonyl (C=O) groups is 1. The second-order valence-electron chi connectivity index (χ2n) is 7.31. The van der Waals surface area contributed by atoms with Gasteiger partial charge in [0.05, 0.1) is 17.7 Å². The van der Waals surface area contributed by atoms with E-state index in [1.54, 1.807) is 35.4 Å². The Hall–Kier alpha value is -2.78. The molecule has 0 bridgehead atoms. The average molecular weight is 431 g/mol. The van der Waals surface area contributed by atoms with Crippen LogP contribution in [0.25, 0.3) is 10.9 Å². The Morgan fingerprint density at radius 3 is 2.77 bits per heavy atom. The molecule has 3 aromatic rings. The second-order valence-corrected chi connectivity index (χ2v) is 9.24. The maximum absolute atomic E-state index is 13.2. The lowest BCUT2D eigenvalue weighted by molar-refractivity contribution is 0.199. The van der Waals surface area contributed by atoms with Crippen molar-refractivity contribution < 1.29 is 17.6 Å². The number of aromatic nitrogens is 1. The summed E-state index contributed by atoms with van der Waals surface area (Å²) in [6.45, 7) is 4.70. The van der Waals surface area contributed by atoms with Crippen molar-refractivity contribution in [1.82, 2.24) is 19.1 Å². The average Bonchev–Trinajstić information content (AvgIpc) is 3.34. The lowest BCUT2D eigenvalue weighted by Gasteiger charge is -2.22. The molecule has 1 aliphatic heterocycles. The van der Waals surface area contributed by atoms with Crippen LogP contribution in [0, 0.1) is 0 Å². The highest BCUT2D eigenvalue weighted by Gasteiger charge is 2.28. The summed E-state index contributed by atoms with van der Waals surface area (Å²) in [7, 11) is -3.62. The molecule has 0 radical (unpaired) electrons. The number of hydrogen-bond acceptors (Lipinski definition) is 4. The molecule has 1 saturated heterocycles. The molecule has 3 heterocycles. The van der Waals surface area contributed by atoms with Crippen molar-refractivity contribution >= 4 is 27.0 Å². The highest BCUT2D eigenvalue weighted by molar-refractivity contribution is 7.89. The minimum atomic E-state index is -3.62. The fourth-order valence-corrected chi connectivity index (χ4v) is 5.29. The number of sulfonamides is 1. The van der Waals surface area contributed by atoms with Gasteiger partial charge in [-0.1, -0.05) is 0 Å². The molecular formula is C21H26N4O4S. The summed E-state index contributed by atoms with van der Waals surface area (Å²) in [6, 6.07) is 10.5. The van der Waals surface area contributed by atoms with Crippen LogP contribution in [0.4, 0.5) is 4.79 Å². The summed E-state index contributed by atoms with van der Waals surface area (Å²) in [5.74, 6) is 0.676. The van der Waals surface area contributed by atoms with Gasteiger partial charge in [-0.25, -0.2) is 13.2 Å². The van der Waals surface area contributed by atoms with Gasteiger partial charge in [-0.15, -0.1) is 0 Å². The molecule has 0 unspecified atom stereocenters. The van der Waals surface area contributed by atoms with Crippen LogP contribution in [0.2, 0.25) is 0 Å². The molecule has 1 aliphatic rings. The van der Waals surface area contributed by atoms with E-state index in [4.69, 9.17) is 4.42 Å². The lowest BCUT2D eigenvalue weighted by Crippen LogP contribution is -2.42. The number of furan rings is 1. The molecule has 2 aromatic heterocycles. The molecule has 160 valence electrons. The van der Waals surface area contributed by atoms with Crippen LogP contribution in [0.1, 0.15) is 19.1 Å². The standard InChI is InChI=1S/C21H26N4O4S/c1-2-23-11-8-17-15-19(6-7-20(17)23)30(27,28)25-10-4-9-24(12-13-25)21(26)22-16-18-5-3-14-29-18/h3,5-8,11,14-15H,2,4,9-10,12-13,16H2,1H3,(H,22,26). The van der Waals surface area contributed by atoms with E-state index in [2.05, 4.69) is 16.8 Å². The van der Waals surface area contributed by atoms with Crippen LogP contribution in [0.3, 0.4) is 0 Å². The number of nitrogens with one attached hydrogen (secondary N) is 1. The number of carbonyl (C=O) groups excluding carboxylic acids is 1. The zero-order valence-electron chi connectivity index (χ0n) is 17.0. The summed E-state index contributed by atoms with van der Waals surface area (Å²) < 4.78 is 35.2. The van der Waals surface area contributed by atoms with Crippen molar-refractivity contribution in [2.75, 3.05) is 26.2 Å². The Bertz CT molecular complexity index is 1120. The molecule has 1 fully saturated rings. The number of benzene rings is 1. The number of nitrogens with zero attached hydrogens (tertiary/aromatic N) is 3. The van der Waals surface area contributed by atoms with E-state index < -0.39 is 10.0 Å². The van der Waals surface area contributed by atoms with Gasteiger partial charge in [0.2, 0.25) is 10.0 Å². The van der Waals surface area contributed by atoms with E-state index in [9.17, 15) is 13.2 Å². The Kier molecular flexibility index (Phi) is 5.83. The minimum absolute atomic E-state index is 0.215. The molecular weight excluding hydrogens is 404 g/mol. The maximum Gasteiger partial charge on any atom is 0.317 e. The molecule has 0 spiro atoms. The number of hydrogen-bond donors (Lipinski definition) is 1. The zero-order valence-corrected chi connectivity index (χ0v) is 17.8. The third kappa shape index (κ3) is 4.08. The quantitative estimate of drug-likeness (QED) is 0.674. The third-order valence-corrected chi connectivity index (χ3v) is 7.35. The highest BCUT2D eigenvalue weighted by atomic mass is 32.2. The van der Waals surface area contributed by atoms with E-state index in [0.717, 1.165) is 17.4 Å². The van der Waals surface area contributed by atoms with Gasteiger partial charge in [-0.2, -0.15) is 4.31 Å². The van der Waals surface area contributed by atoms with E-state index in [-0.39, 0.29) is 12.6 Å². The monoisotopic (exact) mass is 430 g/mol. The van der Waals surface area contributed by atoms with Gasteiger partial charge < -0.3 is 19.2 Å². The lowest BCUT2D eigenvalue weighted by atomic mass is 10.2. The largest absolute Gasteiger partial charge is 0.467 e. The topological polar surface area (TPSA) is 87.8 Å². The van der Waals surface area contributed by atoms with Crippen molar-refractivity contribution in [3.63, 3.8) is 0 Å². The van der Waals surface area contributed by atoms with Gasteiger partial charge in [0.1, 0.15) is 5.76 Å². The van der Waals surface area contributed by atoms with Crippen molar-refractivity contribution in [3.05, 3.63) is 54.6 Å². The van der Waals surface area contributed by atoms with Gasteiger partial charge in [-0.05, 0) is 49.7 Å². The zero-order chi connectivity index (χ0) is 21.1. The Morgan fingerprint density at radius 2 is 2.00 bits per heavy atom. The summed E-state index contributed by atoms with van der Waals surface area (Å²) in [5.41, 5.74) is 1.02. The molecule has 9 heteroatoms. The van der Waals surface area contributed by atoms with E-state index in [1.807, 2.05) is 18.3 Å². The van der Waals surface area contributed by atoms with Crippen LogP contribution in [-0.2, 0) is 23.1 Å². The number of fused-ring (bicyclic) bond motifs is 1. The fourth-order valence-electron chi connectivity index (χ4n) is 3.79. The summed E-state index contributed by atoms with van der Waals surface area (Å²) in [6.07, 6.45) is 4.11. The molecule has 0 saturated carbocycles. The first-order valence-electron chi connectivity index (χ1n) is 10.1. The van der Waals surface area contributed by atoms with Crippen LogP contribution in [0.15, 0.2) is 58.2 Å². The number of amides is 2. The molecule has 1 N–H and O–H groups in total. The van der Waals surface area contributed by atoms with E-state index >= 15 is 0 Å². The first-order chi connectivity index (χ1) is 14.5. The van der Waals surface area contributed by atoms with E-state index in [0.29, 0.717) is 43.3 Å². The summed E-state index contributed by atoms with van der Waals surface area (Å²) >= 11 is 0. The molecule has 30 heavy (non-hydrogen) atoms. The molecule has 2 amide bonds. The van der Waals surface area contributed by atoms with Crippen molar-refractivity contribution in [2.24, 2.45) is 0 Å². The van der Waals surface area contributed by atoms with Crippen LogP contribution < -0.4 is 5.32 Å².